The molecule has 3 nitrogen and oxygen atoms in total. The fraction of sp³-hybridized carbons (Fsp3) is 1.00. The molecule has 0 aromatic heterocycles. The van der Waals surface area contributed by atoms with Gasteiger partial charge in [-0.3, -0.25) is 0 Å². The second-order valence-electron chi connectivity index (χ2n) is 2.11. The van der Waals surface area contributed by atoms with Crippen LogP contribution in [-0.4, -0.2) is 5.66 Å². The smallest absolute Gasteiger partial charge is 0.0367 e. The van der Waals surface area contributed by atoms with Gasteiger partial charge < -0.3 is 16.5 Å². The van der Waals surface area contributed by atoms with Gasteiger partial charge in [-0.15, -0.1) is 0 Å². The van der Waals surface area contributed by atoms with E-state index in [4.69, 9.17) is 16.5 Å². The van der Waals surface area contributed by atoms with Crippen molar-refractivity contribution in [2.45, 2.75) is 25.9 Å². The molecule has 0 amide bonds. The molecule has 0 bridgehead atoms. The number of nitrogens with two attached hydrogens (primary N) is 3. The summed E-state index contributed by atoms with van der Waals surface area (Å²) in [6.45, 7) is 4.28. The van der Waals surface area contributed by atoms with Gasteiger partial charge in [0.1, 0.15) is 0 Å². The summed E-state index contributed by atoms with van der Waals surface area (Å²) in [6, 6.07) is 0. The first kappa shape index (κ1) is 11.2. The standard InChI is InChI=1S/C4H16N3P3/c1-3-4(2)9(6)10(7)8-5/h4,8H,3,5-7H2,1-2H3. The molecule has 6 heteroatoms. The third-order valence-corrected chi connectivity index (χ3v) is 10.0. The lowest BCUT2D eigenvalue weighted by molar-refractivity contribution is 0.897. The van der Waals surface area contributed by atoms with E-state index < -0.39 is 15.2 Å². The minimum absolute atomic E-state index is 0.354. The average molecular weight is 199 g/mol. The van der Waals surface area contributed by atoms with Crippen molar-refractivity contribution in [2.24, 2.45) is 16.5 Å². The zero-order valence-corrected chi connectivity index (χ0v) is 9.20. The average Bonchev–Trinajstić information content (AvgIpc) is 2.00. The molecule has 0 saturated heterocycles. The first-order valence-corrected chi connectivity index (χ1v) is 8.69. The van der Waals surface area contributed by atoms with Crippen molar-refractivity contribution < 1.29 is 0 Å². The van der Waals surface area contributed by atoms with Crippen LogP contribution in [0.2, 0.25) is 0 Å². The summed E-state index contributed by atoms with van der Waals surface area (Å²) >= 11 is 0. The third-order valence-electron chi connectivity index (χ3n) is 1.42. The van der Waals surface area contributed by atoms with E-state index in [1.54, 1.807) is 0 Å². The van der Waals surface area contributed by atoms with E-state index in [1.807, 2.05) is 0 Å². The van der Waals surface area contributed by atoms with Crippen LogP contribution in [0.4, 0.5) is 0 Å². The first-order chi connectivity index (χ1) is 4.63. The van der Waals surface area contributed by atoms with Gasteiger partial charge in [0.25, 0.3) is 0 Å². The van der Waals surface area contributed by atoms with Crippen molar-refractivity contribution in [3.8, 4) is 0 Å². The second kappa shape index (κ2) is 5.77. The normalized spacial score (nSPS) is 21.3. The Kier molecular flexibility index (Phi) is 6.45. The van der Waals surface area contributed by atoms with Crippen LogP contribution >= 0.6 is 23.6 Å². The van der Waals surface area contributed by atoms with Gasteiger partial charge in [-0.25, -0.2) is 0 Å². The molecule has 0 aliphatic carbocycles. The Balaban J connectivity index is 3.69. The molecule has 0 aliphatic rings. The number of hydrogen-bond donors (Lipinski definition) is 3. The number of rotatable bonds is 4. The van der Waals surface area contributed by atoms with Gasteiger partial charge in [-0.2, -0.15) is 0 Å². The molecule has 10 heavy (non-hydrogen) atoms. The van der Waals surface area contributed by atoms with Crippen molar-refractivity contribution in [2.75, 3.05) is 0 Å². The Bertz CT molecular complexity index is 81.8. The topological polar surface area (TPSA) is 78.1 Å². The van der Waals surface area contributed by atoms with Crippen LogP contribution in [0.25, 0.3) is 0 Å². The fourth-order valence-corrected chi connectivity index (χ4v) is 6.54. The monoisotopic (exact) mass is 199 g/mol. The first-order valence-electron chi connectivity index (χ1n) is 3.18. The van der Waals surface area contributed by atoms with Gasteiger partial charge in [0, 0.05) is 15.2 Å². The lowest BCUT2D eigenvalue weighted by Crippen LogP contribution is -2.05. The lowest BCUT2D eigenvalue weighted by Gasteiger charge is -2.23. The molecule has 6 N–H and O–H groups in total. The molecule has 0 aliphatic heterocycles. The molecule has 0 heterocycles. The van der Waals surface area contributed by atoms with Crippen molar-refractivity contribution in [3.63, 3.8) is 0 Å². The van der Waals surface area contributed by atoms with E-state index in [9.17, 15) is 0 Å². The van der Waals surface area contributed by atoms with E-state index in [2.05, 4.69) is 13.8 Å². The summed E-state index contributed by atoms with van der Waals surface area (Å²) in [5, 5.41) is 0. The van der Waals surface area contributed by atoms with E-state index in [-0.39, 0.29) is 0 Å². The third kappa shape index (κ3) is 3.53. The van der Waals surface area contributed by atoms with E-state index in [0.717, 1.165) is 6.42 Å². The molecule has 0 spiro atoms. The zero-order chi connectivity index (χ0) is 8.15. The lowest BCUT2D eigenvalue weighted by atomic mass is 10.4. The van der Waals surface area contributed by atoms with Gasteiger partial charge in [-0.05, 0) is 20.5 Å². The van der Waals surface area contributed by atoms with Crippen molar-refractivity contribution in [3.05, 3.63) is 0 Å². The van der Waals surface area contributed by atoms with Crippen LogP contribution in [-0.2, 0) is 0 Å². The quantitative estimate of drug-likeness (QED) is 0.605. The second-order valence-corrected chi connectivity index (χ2v) is 10.7. The maximum absolute atomic E-state index is 5.88. The van der Waals surface area contributed by atoms with Crippen LogP contribution in [0.5, 0.6) is 0 Å². The molecule has 0 aromatic carbocycles. The summed E-state index contributed by atoms with van der Waals surface area (Å²) in [7, 11) is -0.656. The van der Waals surface area contributed by atoms with E-state index >= 15 is 0 Å². The van der Waals surface area contributed by atoms with Crippen molar-refractivity contribution in [1.82, 2.24) is 0 Å². The molecule has 62 valence electrons. The Morgan fingerprint density at radius 2 is 2.00 bits per heavy atom. The van der Waals surface area contributed by atoms with Gasteiger partial charge in [0.15, 0.2) is 0 Å². The molecule has 4 atom stereocenters. The highest BCUT2D eigenvalue weighted by atomic mass is 32.5. The minimum Gasteiger partial charge on any atom is -0.307 e. The zero-order valence-electron chi connectivity index (χ0n) is 6.41. The molecule has 0 fully saturated rings. The molecule has 4 unspecified atom stereocenters. The van der Waals surface area contributed by atoms with Crippen LogP contribution in [0.1, 0.15) is 20.3 Å². The molecule has 0 saturated carbocycles. The van der Waals surface area contributed by atoms with Crippen molar-refractivity contribution >= 4 is 23.6 Å². The maximum atomic E-state index is 5.88. The highest BCUT2D eigenvalue weighted by molar-refractivity contribution is 8.54. The van der Waals surface area contributed by atoms with E-state index in [0.29, 0.717) is 14.1 Å². The Morgan fingerprint density at radius 3 is 2.30 bits per heavy atom. The van der Waals surface area contributed by atoms with E-state index in [1.165, 1.54) is 0 Å². The summed E-state index contributed by atoms with van der Waals surface area (Å²) in [4.78, 5) is 0. The summed E-state index contributed by atoms with van der Waals surface area (Å²) in [5.74, 6) is 0. The Morgan fingerprint density at radius 1 is 1.50 bits per heavy atom. The maximum Gasteiger partial charge on any atom is 0.0367 e. The number of hydrogen-bond acceptors (Lipinski definition) is 3. The highest BCUT2D eigenvalue weighted by Crippen LogP contribution is 2.70. The van der Waals surface area contributed by atoms with Crippen LogP contribution in [0.15, 0.2) is 0 Å². The molecule has 0 aromatic rings. The summed E-state index contributed by atoms with van der Waals surface area (Å²) < 4.78 is 0. The SMILES string of the molecule is CCC(C)P(N)P(N)PN. The van der Waals surface area contributed by atoms with Crippen LogP contribution < -0.4 is 16.5 Å². The Labute approximate surface area is 66.7 Å². The van der Waals surface area contributed by atoms with Gasteiger partial charge in [-0.1, -0.05) is 13.8 Å². The predicted octanol–water partition coefficient (Wildman–Crippen LogP) is 1.88. The van der Waals surface area contributed by atoms with Gasteiger partial charge in [0.2, 0.25) is 0 Å². The largest absolute Gasteiger partial charge is 0.307 e. The summed E-state index contributed by atoms with van der Waals surface area (Å²) in [6.07, 6.45) is 1.11. The van der Waals surface area contributed by atoms with Crippen LogP contribution in [0.3, 0.4) is 0 Å². The summed E-state index contributed by atoms with van der Waals surface area (Å²) in [5.41, 5.74) is 17.6. The van der Waals surface area contributed by atoms with Crippen molar-refractivity contribution in [1.29, 1.82) is 0 Å². The Hall–Kier alpha value is 1.17. The fourth-order valence-electron chi connectivity index (χ4n) is 0.466. The molecular formula is C4H16N3P3. The minimum atomic E-state index is -0.537. The predicted molar refractivity (Wildman–Crippen MR) is 54.5 cm³/mol. The van der Waals surface area contributed by atoms with Gasteiger partial charge >= 0.3 is 0 Å². The van der Waals surface area contributed by atoms with Crippen LogP contribution in [0, 0.1) is 0 Å². The molecule has 0 radical (unpaired) electrons. The van der Waals surface area contributed by atoms with Gasteiger partial charge in [0.05, 0.1) is 0 Å². The molecule has 0 rings (SSSR count). The molecular weight excluding hydrogens is 183 g/mol. The highest BCUT2D eigenvalue weighted by Gasteiger charge is 2.16.